The maximum absolute atomic E-state index is 11.7. The van der Waals surface area contributed by atoms with E-state index < -0.39 is 12.1 Å². The van der Waals surface area contributed by atoms with Crippen LogP contribution in [0.5, 0.6) is 0 Å². The largest absolute Gasteiger partial charge is 0.447 e. The normalized spacial score (nSPS) is 17.2. The minimum absolute atomic E-state index is 0.103. The third kappa shape index (κ3) is 4.33. The van der Waals surface area contributed by atoms with Gasteiger partial charge in [0.15, 0.2) is 0 Å². The van der Waals surface area contributed by atoms with Gasteiger partial charge in [-0.1, -0.05) is 49.6 Å². The number of carbonyl (C=O) groups excluding carboxylic acids is 1. The Morgan fingerprint density at radius 3 is 2.65 bits per heavy atom. The van der Waals surface area contributed by atoms with Crippen LogP contribution in [-0.4, -0.2) is 18.7 Å². The maximum atomic E-state index is 11.7. The van der Waals surface area contributed by atoms with Crippen LogP contribution in [0.15, 0.2) is 35.4 Å². The number of ether oxygens (including phenoxy) is 1. The molecule has 1 aromatic rings. The summed E-state index contributed by atoms with van der Waals surface area (Å²) in [6.45, 7) is 0.103. The molecule has 1 amide bonds. The number of hydrogen-bond acceptors (Lipinski definition) is 4. The first-order valence-electron chi connectivity index (χ1n) is 7.14. The van der Waals surface area contributed by atoms with Gasteiger partial charge in [-0.2, -0.15) is 5.11 Å². The van der Waals surface area contributed by atoms with Gasteiger partial charge in [-0.25, -0.2) is 10.3 Å². The van der Waals surface area contributed by atoms with E-state index in [0.29, 0.717) is 0 Å². The molecule has 108 valence electrons. The van der Waals surface area contributed by atoms with Crippen LogP contribution < -0.4 is 5.32 Å². The topological polar surface area (TPSA) is 74.5 Å². The number of alkyl carbamates (subject to hydrolysis) is 1. The van der Waals surface area contributed by atoms with E-state index in [-0.39, 0.29) is 12.6 Å². The Kier molecular flexibility index (Phi) is 5.53. The summed E-state index contributed by atoms with van der Waals surface area (Å²) in [6.07, 6.45) is 5.24. The summed E-state index contributed by atoms with van der Waals surface area (Å²) in [7, 11) is 0. The smallest absolute Gasteiger partial charge is 0.407 e. The summed E-state index contributed by atoms with van der Waals surface area (Å²) in [4.78, 5) is 11.7. The lowest BCUT2D eigenvalue weighted by molar-refractivity contribution is 0.132. The zero-order chi connectivity index (χ0) is 14.2. The van der Waals surface area contributed by atoms with E-state index in [1.165, 1.54) is 19.3 Å². The molecule has 0 heterocycles. The highest BCUT2D eigenvalue weighted by molar-refractivity contribution is 5.67. The van der Waals surface area contributed by atoms with Gasteiger partial charge in [0.25, 0.3) is 0 Å². The van der Waals surface area contributed by atoms with Gasteiger partial charge < -0.3 is 10.1 Å². The fourth-order valence-electron chi connectivity index (χ4n) is 2.49. The van der Waals surface area contributed by atoms with Gasteiger partial charge in [0.1, 0.15) is 12.6 Å². The molecule has 1 aromatic carbocycles. The maximum Gasteiger partial charge on any atom is 0.407 e. The molecule has 5 nitrogen and oxygen atoms in total. The van der Waals surface area contributed by atoms with Crippen molar-refractivity contribution in [3.8, 4) is 0 Å². The van der Waals surface area contributed by atoms with E-state index in [0.717, 1.165) is 18.4 Å². The molecule has 2 rings (SSSR count). The molecule has 1 atom stereocenters. The molecule has 1 aliphatic carbocycles. The van der Waals surface area contributed by atoms with Crippen molar-refractivity contribution in [1.29, 1.82) is 5.53 Å². The fourth-order valence-corrected chi connectivity index (χ4v) is 2.49. The summed E-state index contributed by atoms with van der Waals surface area (Å²) in [5.41, 5.74) is 8.09. The monoisotopic (exact) mass is 275 g/mol. The van der Waals surface area contributed by atoms with Gasteiger partial charge in [-0.05, 0) is 18.4 Å². The summed E-state index contributed by atoms with van der Waals surface area (Å²) in [5, 5.41) is 6.41. The summed E-state index contributed by atoms with van der Waals surface area (Å²) < 4.78 is 5.19. The van der Waals surface area contributed by atoms with E-state index in [2.05, 4.69) is 10.4 Å². The van der Waals surface area contributed by atoms with E-state index >= 15 is 0 Å². The molecule has 2 N–H and O–H groups in total. The Morgan fingerprint density at radius 2 is 2.00 bits per heavy atom. The lowest BCUT2D eigenvalue weighted by Gasteiger charge is -2.22. The van der Waals surface area contributed by atoms with E-state index in [1.807, 2.05) is 30.3 Å². The molecule has 1 aliphatic rings. The molecule has 0 radical (unpaired) electrons. The average molecular weight is 275 g/mol. The molecule has 0 saturated heterocycles. The minimum atomic E-state index is -0.423. The van der Waals surface area contributed by atoms with E-state index in [4.69, 9.17) is 10.3 Å². The van der Waals surface area contributed by atoms with Crippen molar-refractivity contribution in [2.75, 3.05) is 6.61 Å². The summed E-state index contributed by atoms with van der Waals surface area (Å²) >= 11 is 0. The Morgan fingerprint density at radius 1 is 1.30 bits per heavy atom. The van der Waals surface area contributed by atoms with Crippen molar-refractivity contribution in [1.82, 2.24) is 5.32 Å². The molecule has 1 unspecified atom stereocenters. The number of nitrogens with zero attached hydrogens (tertiary/aromatic N) is 1. The standard InChI is InChI=1S/C15H21N3O2/c16-18-14(12-7-3-1-4-8-12)11-20-15(19)17-13-9-5-2-6-10-13/h1,3-4,7-8,13-14,16H,2,5-6,9-11H2,(H,17,19). The Bertz CT molecular complexity index is 430. The van der Waals surface area contributed by atoms with Crippen molar-refractivity contribution < 1.29 is 9.53 Å². The number of rotatable bonds is 5. The van der Waals surface area contributed by atoms with Crippen molar-refractivity contribution in [3.05, 3.63) is 35.9 Å². The first-order valence-corrected chi connectivity index (χ1v) is 7.14. The van der Waals surface area contributed by atoms with Crippen molar-refractivity contribution in [3.63, 3.8) is 0 Å². The molecule has 0 aromatic heterocycles. The van der Waals surface area contributed by atoms with Crippen LogP contribution in [0, 0.1) is 5.53 Å². The molecule has 20 heavy (non-hydrogen) atoms. The van der Waals surface area contributed by atoms with E-state index in [9.17, 15) is 4.79 Å². The molecular formula is C15H21N3O2. The minimum Gasteiger partial charge on any atom is -0.447 e. The molecule has 0 bridgehead atoms. The number of nitrogens with one attached hydrogen (secondary N) is 2. The number of benzene rings is 1. The van der Waals surface area contributed by atoms with Crippen LogP contribution in [0.25, 0.3) is 0 Å². The van der Waals surface area contributed by atoms with Gasteiger partial charge in [0.2, 0.25) is 0 Å². The van der Waals surface area contributed by atoms with Crippen LogP contribution in [0.2, 0.25) is 0 Å². The van der Waals surface area contributed by atoms with Crippen LogP contribution in [-0.2, 0) is 4.74 Å². The van der Waals surface area contributed by atoms with Crippen LogP contribution in [0.4, 0.5) is 4.79 Å². The van der Waals surface area contributed by atoms with Crippen molar-refractivity contribution in [2.45, 2.75) is 44.2 Å². The van der Waals surface area contributed by atoms with Crippen LogP contribution in [0.1, 0.15) is 43.7 Å². The zero-order valence-corrected chi connectivity index (χ0v) is 11.5. The number of amides is 1. The quantitative estimate of drug-likeness (QED) is 0.802. The average Bonchev–Trinajstić information content (AvgIpc) is 2.50. The van der Waals surface area contributed by atoms with Crippen LogP contribution in [0.3, 0.4) is 0 Å². The van der Waals surface area contributed by atoms with Crippen LogP contribution >= 0.6 is 0 Å². The predicted molar refractivity (Wildman–Crippen MR) is 75.7 cm³/mol. The number of carbonyl (C=O) groups is 1. The second kappa shape index (κ2) is 7.62. The first-order chi connectivity index (χ1) is 9.79. The van der Waals surface area contributed by atoms with E-state index in [1.54, 1.807) is 0 Å². The van der Waals surface area contributed by atoms with Gasteiger partial charge in [0.05, 0.1) is 0 Å². The lowest BCUT2D eigenvalue weighted by atomic mass is 9.96. The second-order valence-corrected chi connectivity index (χ2v) is 5.13. The molecule has 5 heteroatoms. The highest BCUT2D eigenvalue weighted by Gasteiger charge is 2.18. The third-order valence-corrected chi connectivity index (χ3v) is 3.64. The Balaban J connectivity index is 1.78. The molecular weight excluding hydrogens is 254 g/mol. The number of hydrogen-bond donors (Lipinski definition) is 2. The lowest BCUT2D eigenvalue weighted by Crippen LogP contribution is -2.37. The summed E-state index contributed by atoms with van der Waals surface area (Å²) in [6, 6.07) is 9.25. The highest BCUT2D eigenvalue weighted by atomic mass is 16.5. The molecule has 0 aliphatic heterocycles. The van der Waals surface area contributed by atoms with Crippen molar-refractivity contribution in [2.24, 2.45) is 5.11 Å². The second-order valence-electron chi connectivity index (χ2n) is 5.13. The van der Waals surface area contributed by atoms with Crippen molar-refractivity contribution >= 4 is 6.09 Å². The Hall–Kier alpha value is -1.91. The van der Waals surface area contributed by atoms with Gasteiger partial charge in [-0.3, -0.25) is 0 Å². The fraction of sp³-hybridized carbons (Fsp3) is 0.533. The highest BCUT2D eigenvalue weighted by Crippen LogP contribution is 2.19. The SMILES string of the molecule is N=NC(COC(=O)NC1CCCCC1)c1ccccc1. The molecule has 1 fully saturated rings. The van der Waals surface area contributed by atoms with Gasteiger partial charge >= 0.3 is 6.09 Å². The molecule has 1 saturated carbocycles. The zero-order valence-electron chi connectivity index (χ0n) is 11.5. The summed E-state index contributed by atoms with van der Waals surface area (Å²) in [5.74, 6) is 0. The molecule has 0 spiro atoms. The van der Waals surface area contributed by atoms with Gasteiger partial charge in [0, 0.05) is 6.04 Å². The van der Waals surface area contributed by atoms with Gasteiger partial charge in [-0.15, -0.1) is 0 Å². The predicted octanol–water partition coefficient (Wildman–Crippen LogP) is 3.82. The third-order valence-electron chi connectivity index (χ3n) is 3.64. The first kappa shape index (κ1) is 14.5. The Labute approximate surface area is 119 Å².